The molecule has 0 aliphatic heterocycles. The number of para-hydroxylation sites is 3. The maximum absolute atomic E-state index is 12.2. The summed E-state index contributed by atoms with van der Waals surface area (Å²) in [5.74, 6) is 0.779. The first-order valence-electron chi connectivity index (χ1n) is 10.1. The largest absolute Gasteiger partial charge is 0.495 e. The van der Waals surface area contributed by atoms with Crippen LogP contribution in [0.4, 0.5) is 10.5 Å². The lowest BCUT2D eigenvalue weighted by Crippen LogP contribution is -2.24. The van der Waals surface area contributed by atoms with Gasteiger partial charge in [-0.1, -0.05) is 30.3 Å². The Bertz CT molecular complexity index is 1320. The van der Waals surface area contributed by atoms with E-state index in [1.54, 1.807) is 36.5 Å². The lowest BCUT2D eigenvalue weighted by atomic mass is 10.2. The average molecular weight is 446 g/mol. The number of ether oxygens (including phenoxy) is 2. The highest BCUT2D eigenvalue weighted by Crippen LogP contribution is 2.23. The van der Waals surface area contributed by atoms with E-state index < -0.39 is 12.0 Å². The van der Waals surface area contributed by atoms with Crippen LogP contribution in [0.25, 0.3) is 10.9 Å². The Kier molecular flexibility index (Phi) is 6.40. The van der Waals surface area contributed by atoms with Crippen molar-refractivity contribution in [3.8, 4) is 5.75 Å². The third-order valence-electron chi connectivity index (χ3n) is 4.92. The van der Waals surface area contributed by atoms with Crippen LogP contribution in [0.2, 0.25) is 0 Å². The molecular formula is C24H22N4O5. The van der Waals surface area contributed by atoms with E-state index >= 15 is 0 Å². The molecule has 0 bridgehead atoms. The van der Waals surface area contributed by atoms with E-state index in [-0.39, 0.29) is 5.76 Å². The van der Waals surface area contributed by atoms with Gasteiger partial charge in [-0.15, -0.1) is 0 Å². The molecule has 0 unspecified atom stereocenters. The molecule has 4 aromatic rings. The third kappa shape index (κ3) is 4.87. The quantitative estimate of drug-likeness (QED) is 0.251. The van der Waals surface area contributed by atoms with Crippen molar-refractivity contribution in [1.29, 1.82) is 0 Å². The summed E-state index contributed by atoms with van der Waals surface area (Å²) in [4.78, 5) is 23.8. The van der Waals surface area contributed by atoms with Crippen LogP contribution in [-0.2, 0) is 11.3 Å². The molecule has 2 N–H and O–H groups in total. The fourth-order valence-electron chi connectivity index (χ4n) is 3.41. The Labute approximate surface area is 189 Å². The van der Waals surface area contributed by atoms with Gasteiger partial charge in [0.25, 0.3) is 0 Å². The van der Waals surface area contributed by atoms with Crippen molar-refractivity contribution in [3.63, 3.8) is 0 Å². The third-order valence-corrected chi connectivity index (χ3v) is 4.92. The van der Waals surface area contributed by atoms with Crippen LogP contribution < -0.4 is 15.5 Å². The summed E-state index contributed by atoms with van der Waals surface area (Å²) in [6.45, 7) is 0.410. The highest BCUT2D eigenvalue weighted by molar-refractivity contribution is 6.00. The minimum Gasteiger partial charge on any atom is -0.495 e. The van der Waals surface area contributed by atoms with Crippen molar-refractivity contribution < 1.29 is 23.5 Å². The van der Waals surface area contributed by atoms with Crippen molar-refractivity contribution in [1.82, 2.24) is 9.99 Å². The molecule has 0 aliphatic carbocycles. The van der Waals surface area contributed by atoms with Crippen LogP contribution in [0.1, 0.15) is 21.9 Å². The van der Waals surface area contributed by atoms with Crippen LogP contribution in [-0.4, -0.2) is 37.0 Å². The average Bonchev–Trinajstić information content (AvgIpc) is 3.44. The lowest BCUT2D eigenvalue weighted by molar-refractivity contribution is 0.0563. The molecule has 0 radical (unpaired) electrons. The number of nitrogens with zero attached hydrogens (tertiary/aromatic N) is 2. The molecule has 0 saturated heterocycles. The number of hydrazone groups is 1. The SMILES string of the molecule is COC(=O)c1ccc(Cn2cc(/C=N/NC(=O)Nc3ccccc3OC)c3ccccc32)o1. The molecule has 2 aromatic carbocycles. The standard InChI is InChI=1S/C24H22N4O5/c1-31-21-10-6-4-8-19(21)26-24(30)27-25-13-16-14-28(20-9-5-3-7-18(16)20)15-17-11-12-22(33-17)23(29)32-2/h3-14H,15H2,1-2H3,(H2,26,27,30)/b25-13+. The number of methoxy groups -OCH3 is 2. The predicted octanol–water partition coefficient (Wildman–Crippen LogP) is 4.23. The van der Waals surface area contributed by atoms with Gasteiger partial charge in [-0.2, -0.15) is 5.10 Å². The van der Waals surface area contributed by atoms with E-state index in [0.29, 0.717) is 23.7 Å². The van der Waals surface area contributed by atoms with Crippen LogP contribution >= 0.6 is 0 Å². The summed E-state index contributed by atoms with van der Waals surface area (Å²) in [5, 5.41) is 7.72. The van der Waals surface area contributed by atoms with E-state index in [1.807, 2.05) is 41.1 Å². The zero-order valence-electron chi connectivity index (χ0n) is 18.1. The maximum atomic E-state index is 12.2. The van der Waals surface area contributed by atoms with Crippen molar-refractivity contribution in [3.05, 3.63) is 83.9 Å². The number of urea groups is 1. The Morgan fingerprint density at radius 1 is 1.06 bits per heavy atom. The normalized spacial score (nSPS) is 11.0. The summed E-state index contributed by atoms with van der Waals surface area (Å²) in [5.41, 5.74) is 4.76. The Hall–Kier alpha value is -4.53. The number of rotatable bonds is 7. The van der Waals surface area contributed by atoms with Gasteiger partial charge in [-0.3, -0.25) is 0 Å². The molecule has 0 saturated carbocycles. The Morgan fingerprint density at radius 3 is 2.67 bits per heavy atom. The summed E-state index contributed by atoms with van der Waals surface area (Å²) >= 11 is 0. The van der Waals surface area contributed by atoms with Crippen LogP contribution in [0.3, 0.4) is 0 Å². The predicted molar refractivity (Wildman–Crippen MR) is 124 cm³/mol. The summed E-state index contributed by atoms with van der Waals surface area (Å²) in [7, 11) is 2.84. The van der Waals surface area contributed by atoms with Crippen molar-refractivity contribution in [2.24, 2.45) is 5.10 Å². The number of fused-ring (bicyclic) bond motifs is 1. The molecule has 168 valence electrons. The number of aromatic nitrogens is 1. The van der Waals surface area contributed by atoms with Gasteiger partial charge in [0.1, 0.15) is 11.5 Å². The number of anilines is 1. The van der Waals surface area contributed by atoms with Gasteiger partial charge in [0, 0.05) is 22.7 Å². The number of carbonyl (C=O) groups excluding carboxylic acids is 2. The molecule has 2 amide bonds. The molecule has 33 heavy (non-hydrogen) atoms. The number of amides is 2. The highest BCUT2D eigenvalue weighted by Gasteiger charge is 2.13. The molecule has 2 aromatic heterocycles. The van der Waals surface area contributed by atoms with Crippen LogP contribution in [0.15, 0.2) is 76.4 Å². The zero-order chi connectivity index (χ0) is 23.2. The monoisotopic (exact) mass is 446 g/mol. The minimum atomic E-state index is -0.524. The number of hydrogen-bond acceptors (Lipinski definition) is 6. The first-order chi connectivity index (χ1) is 16.1. The minimum absolute atomic E-state index is 0.149. The molecule has 9 nitrogen and oxygen atoms in total. The van der Waals surface area contributed by atoms with Gasteiger partial charge in [0.15, 0.2) is 0 Å². The molecule has 0 fully saturated rings. The topological polar surface area (TPSA) is 107 Å². The second-order valence-corrected chi connectivity index (χ2v) is 7.01. The zero-order valence-corrected chi connectivity index (χ0v) is 18.1. The van der Waals surface area contributed by atoms with E-state index in [1.165, 1.54) is 14.2 Å². The number of furan rings is 1. The second kappa shape index (κ2) is 9.73. The first kappa shape index (κ1) is 21.7. The van der Waals surface area contributed by atoms with E-state index in [9.17, 15) is 9.59 Å². The Balaban J connectivity index is 1.49. The second-order valence-electron chi connectivity index (χ2n) is 7.01. The smallest absolute Gasteiger partial charge is 0.373 e. The van der Waals surface area contributed by atoms with Crippen LogP contribution in [0.5, 0.6) is 5.75 Å². The summed E-state index contributed by atoms with van der Waals surface area (Å²) < 4.78 is 17.5. The number of carbonyl (C=O) groups is 2. The molecule has 4 rings (SSSR count). The molecule has 0 atom stereocenters. The van der Waals surface area contributed by atoms with E-state index in [4.69, 9.17) is 9.15 Å². The van der Waals surface area contributed by atoms with Gasteiger partial charge >= 0.3 is 12.0 Å². The van der Waals surface area contributed by atoms with E-state index in [0.717, 1.165) is 16.5 Å². The number of nitrogens with one attached hydrogen (secondary N) is 2. The summed E-state index contributed by atoms with van der Waals surface area (Å²) in [6.07, 6.45) is 3.47. The number of hydrogen-bond donors (Lipinski definition) is 2. The van der Waals surface area contributed by atoms with Crippen molar-refractivity contribution in [2.45, 2.75) is 6.54 Å². The number of benzene rings is 2. The molecule has 2 heterocycles. The maximum Gasteiger partial charge on any atom is 0.373 e. The fraction of sp³-hybridized carbons (Fsp3) is 0.125. The number of esters is 1. The van der Waals surface area contributed by atoms with Gasteiger partial charge in [0.2, 0.25) is 5.76 Å². The van der Waals surface area contributed by atoms with Crippen molar-refractivity contribution >= 4 is 34.8 Å². The van der Waals surface area contributed by atoms with Gasteiger partial charge in [-0.25, -0.2) is 15.0 Å². The molecule has 9 heteroatoms. The first-order valence-corrected chi connectivity index (χ1v) is 10.1. The van der Waals surface area contributed by atoms with Crippen LogP contribution in [0, 0.1) is 0 Å². The summed E-state index contributed by atoms with van der Waals surface area (Å²) in [6, 6.07) is 17.7. The van der Waals surface area contributed by atoms with Gasteiger partial charge in [0.05, 0.1) is 32.7 Å². The molecule has 0 aliphatic rings. The highest BCUT2D eigenvalue weighted by atomic mass is 16.5. The van der Waals surface area contributed by atoms with Gasteiger partial charge < -0.3 is 23.8 Å². The molecule has 0 spiro atoms. The Morgan fingerprint density at radius 2 is 1.85 bits per heavy atom. The molecular weight excluding hydrogens is 424 g/mol. The van der Waals surface area contributed by atoms with E-state index in [2.05, 4.69) is 20.6 Å². The lowest BCUT2D eigenvalue weighted by Gasteiger charge is -2.08. The van der Waals surface area contributed by atoms with Crippen molar-refractivity contribution in [2.75, 3.05) is 19.5 Å². The van der Waals surface area contributed by atoms with Gasteiger partial charge in [-0.05, 0) is 30.3 Å². The fourth-order valence-corrected chi connectivity index (χ4v) is 3.41.